The lowest BCUT2D eigenvalue weighted by atomic mass is 9.83. The first-order valence-electron chi connectivity index (χ1n) is 6.78. The molecular weight excluding hydrogens is 279 g/mol. The highest BCUT2D eigenvalue weighted by Crippen LogP contribution is 2.37. The van der Waals surface area contributed by atoms with E-state index in [-0.39, 0.29) is 23.8 Å². The summed E-state index contributed by atoms with van der Waals surface area (Å²) in [5, 5.41) is 2.97. The maximum Gasteiger partial charge on any atom is 0.393 e. The van der Waals surface area contributed by atoms with E-state index >= 15 is 0 Å². The van der Waals surface area contributed by atoms with E-state index in [1.54, 1.807) is 0 Å². The quantitative estimate of drug-likeness (QED) is 0.868. The number of nitrogens with one attached hydrogen (secondary N) is 1. The molecule has 2 fully saturated rings. The maximum absolute atomic E-state index is 12.9. The fourth-order valence-electron chi connectivity index (χ4n) is 3.12. The second-order valence-corrected chi connectivity index (χ2v) is 7.95. The molecule has 2 aliphatic rings. The first-order valence-corrected chi connectivity index (χ1v) is 8.60. The predicted octanol–water partition coefficient (Wildman–Crippen LogP) is 2.13. The van der Waals surface area contributed by atoms with Crippen molar-refractivity contribution in [3.63, 3.8) is 0 Å². The van der Waals surface area contributed by atoms with E-state index in [4.69, 9.17) is 0 Å². The van der Waals surface area contributed by atoms with Gasteiger partial charge in [0, 0.05) is 6.04 Å². The lowest BCUT2D eigenvalue weighted by Gasteiger charge is -2.34. The minimum absolute atomic E-state index is 0.0270. The highest BCUT2D eigenvalue weighted by atomic mass is 32.2. The molecule has 3 nitrogen and oxygen atoms in total. The largest absolute Gasteiger partial charge is 0.393 e. The minimum atomic E-state index is -4.15. The van der Waals surface area contributed by atoms with Crippen LogP contribution in [0.5, 0.6) is 0 Å². The fourth-order valence-corrected chi connectivity index (χ4v) is 4.98. The van der Waals surface area contributed by atoms with Gasteiger partial charge in [-0.05, 0) is 31.7 Å². The highest BCUT2D eigenvalue weighted by molar-refractivity contribution is 7.91. The third-order valence-electron chi connectivity index (χ3n) is 4.18. The molecule has 0 aromatic heterocycles. The van der Waals surface area contributed by atoms with Crippen molar-refractivity contribution in [3.8, 4) is 0 Å². The van der Waals surface area contributed by atoms with Crippen LogP contribution in [0, 0.1) is 11.8 Å². The molecule has 3 atom stereocenters. The summed E-state index contributed by atoms with van der Waals surface area (Å²) < 4.78 is 61.3. The SMILES string of the molecule is O=S1(=O)CCC(CNC2CCCCC2C(F)(F)F)C1. The second kappa shape index (κ2) is 5.60. The van der Waals surface area contributed by atoms with E-state index < -0.39 is 28.0 Å². The Hall–Kier alpha value is -0.300. The molecule has 0 spiro atoms. The van der Waals surface area contributed by atoms with Crippen LogP contribution < -0.4 is 5.32 Å². The molecule has 1 aliphatic heterocycles. The van der Waals surface area contributed by atoms with Crippen LogP contribution >= 0.6 is 0 Å². The molecule has 0 amide bonds. The third-order valence-corrected chi connectivity index (χ3v) is 6.02. The molecule has 1 saturated carbocycles. The van der Waals surface area contributed by atoms with Gasteiger partial charge in [-0.15, -0.1) is 0 Å². The third kappa shape index (κ3) is 4.08. The van der Waals surface area contributed by atoms with E-state index in [0.29, 0.717) is 25.8 Å². The zero-order valence-electron chi connectivity index (χ0n) is 10.7. The average Bonchev–Trinajstić information content (AvgIpc) is 2.66. The molecule has 112 valence electrons. The van der Waals surface area contributed by atoms with E-state index in [1.165, 1.54) is 0 Å². The number of alkyl halides is 3. The Labute approximate surface area is 111 Å². The lowest BCUT2D eigenvalue weighted by molar-refractivity contribution is -0.189. The van der Waals surface area contributed by atoms with E-state index in [2.05, 4.69) is 5.32 Å². The van der Waals surface area contributed by atoms with Gasteiger partial charge in [0.25, 0.3) is 0 Å². The first kappa shape index (κ1) is 15.1. The van der Waals surface area contributed by atoms with Crippen molar-refractivity contribution >= 4 is 9.84 Å². The van der Waals surface area contributed by atoms with Crippen LogP contribution in [0.3, 0.4) is 0 Å². The highest BCUT2D eigenvalue weighted by Gasteiger charge is 2.45. The smallest absolute Gasteiger partial charge is 0.313 e. The summed E-state index contributed by atoms with van der Waals surface area (Å²) in [6.45, 7) is 0.385. The number of halogens is 3. The van der Waals surface area contributed by atoms with Crippen LogP contribution in [0.4, 0.5) is 13.2 Å². The van der Waals surface area contributed by atoms with Gasteiger partial charge in [0.15, 0.2) is 9.84 Å². The van der Waals surface area contributed by atoms with Crippen LogP contribution in [0.1, 0.15) is 32.1 Å². The lowest BCUT2D eigenvalue weighted by Crippen LogP contribution is -2.46. The molecule has 0 aromatic carbocycles. The Balaban J connectivity index is 1.87. The van der Waals surface area contributed by atoms with Crippen LogP contribution in [0.2, 0.25) is 0 Å². The van der Waals surface area contributed by atoms with Crippen molar-refractivity contribution in [3.05, 3.63) is 0 Å². The first-order chi connectivity index (χ1) is 8.78. The predicted molar refractivity (Wildman–Crippen MR) is 66.6 cm³/mol. The van der Waals surface area contributed by atoms with Crippen molar-refractivity contribution in [2.75, 3.05) is 18.1 Å². The standard InChI is InChI=1S/C12H20F3NO2S/c13-12(14,15)10-3-1-2-4-11(10)16-7-9-5-6-19(17,18)8-9/h9-11,16H,1-8H2. The number of sulfone groups is 1. The summed E-state index contributed by atoms with van der Waals surface area (Å²) >= 11 is 0. The Bertz CT molecular complexity index is 408. The number of hydrogen-bond donors (Lipinski definition) is 1. The van der Waals surface area contributed by atoms with Crippen molar-refractivity contribution in [2.45, 2.75) is 44.3 Å². The molecule has 19 heavy (non-hydrogen) atoms. The monoisotopic (exact) mass is 299 g/mol. The Morgan fingerprint density at radius 3 is 2.37 bits per heavy atom. The van der Waals surface area contributed by atoms with Gasteiger partial charge in [-0.25, -0.2) is 8.42 Å². The van der Waals surface area contributed by atoms with Gasteiger partial charge in [0.05, 0.1) is 17.4 Å². The normalized spacial score (nSPS) is 35.4. The topological polar surface area (TPSA) is 46.2 Å². The zero-order chi connectivity index (χ0) is 14.1. The molecule has 1 heterocycles. The average molecular weight is 299 g/mol. The summed E-state index contributed by atoms with van der Waals surface area (Å²) in [6.07, 6.45) is -1.43. The molecule has 2 rings (SSSR count). The summed E-state index contributed by atoms with van der Waals surface area (Å²) in [5.74, 6) is -1.02. The van der Waals surface area contributed by atoms with Gasteiger partial charge in [-0.1, -0.05) is 12.8 Å². The Morgan fingerprint density at radius 2 is 1.79 bits per heavy atom. The Morgan fingerprint density at radius 1 is 1.11 bits per heavy atom. The summed E-state index contributed by atoms with van der Waals surface area (Å²) in [7, 11) is -2.95. The van der Waals surface area contributed by atoms with Crippen molar-refractivity contribution < 1.29 is 21.6 Å². The molecule has 1 aliphatic carbocycles. The molecule has 1 saturated heterocycles. The number of hydrogen-bond acceptors (Lipinski definition) is 3. The number of rotatable bonds is 3. The summed E-state index contributed by atoms with van der Waals surface area (Å²) in [5.41, 5.74) is 0. The zero-order valence-corrected chi connectivity index (χ0v) is 11.6. The second-order valence-electron chi connectivity index (χ2n) is 5.72. The van der Waals surface area contributed by atoms with Gasteiger partial charge >= 0.3 is 6.18 Å². The van der Waals surface area contributed by atoms with Gasteiger partial charge in [-0.2, -0.15) is 13.2 Å². The van der Waals surface area contributed by atoms with E-state index in [9.17, 15) is 21.6 Å². The van der Waals surface area contributed by atoms with Gasteiger partial charge < -0.3 is 5.32 Å². The maximum atomic E-state index is 12.9. The minimum Gasteiger partial charge on any atom is -0.313 e. The van der Waals surface area contributed by atoms with Crippen molar-refractivity contribution in [1.82, 2.24) is 5.32 Å². The van der Waals surface area contributed by atoms with Gasteiger partial charge in [0.1, 0.15) is 0 Å². The van der Waals surface area contributed by atoms with E-state index in [0.717, 1.165) is 6.42 Å². The van der Waals surface area contributed by atoms with Crippen LogP contribution in [0.25, 0.3) is 0 Å². The molecule has 0 radical (unpaired) electrons. The van der Waals surface area contributed by atoms with E-state index in [1.807, 2.05) is 0 Å². The van der Waals surface area contributed by atoms with Gasteiger partial charge in [-0.3, -0.25) is 0 Å². The van der Waals surface area contributed by atoms with Crippen LogP contribution in [-0.4, -0.2) is 38.7 Å². The van der Waals surface area contributed by atoms with Gasteiger partial charge in [0.2, 0.25) is 0 Å². The summed E-state index contributed by atoms with van der Waals surface area (Å²) in [6, 6.07) is -0.544. The fraction of sp³-hybridized carbons (Fsp3) is 1.00. The van der Waals surface area contributed by atoms with Crippen molar-refractivity contribution in [1.29, 1.82) is 0 Å². The van der Waals surface area contributed by atoms with Crippen LogP contribution in [0.15, 0.2) is 0 Å². The molecular formula is C12H20F3NO2S. The summed E-state index contributed by atoms with van der Waals surface area (Å²) in [4.78, 5) is 0. The van der Waals surface area contributed by atoms with Crippen LogP contribution in [-0.2, 0) is 9.84 Å². The molecule has 0 aromatic rings. The molecule has 3 unspecified atom stereocenters. The molecule has 0 bridgehead atoms. The molecule has 7 heteroatoms. The van der Waals surface area contributed by atoms with Crippen molar-refractivity contribution in [2.24, 2.45) is 11.8 Å². The Kier molecular flexibility index (Phi) is 4.45. The molecule has 1 N–H and O–H groups in total.